The van der Waals surface area contributed by atoms with Crippen molar-refractivity contribution in [2.24, 2.45) is 5.92 Å². The Morgan fingerprint density at radius 2 is 2.29 bits per heavy atom. The van der Waals surface area contributed by atoms with Crippen LogP contribution in [-0.4, -0.2) is 24.7 Å². The van der Waals surface area contributed by atoms with Crippen LogP contribution in [0.1, 0.15) is 12.5 Å². The second-order valence-corrected chi connectivity index (χ2v) is 4.75. The number of nitrogens with zero attached hydrogens (tertiary/aromatic N) is 2. The zero-order valence-corrected chi connectivity index (χ0v) is 11.2. The number of carboxylic acid groups (broad SMARTS) is 1. The molecule has 0 saturated carbocycles. The number of aliphatic carboxylic acids is 1. The average molecular weight is 297 g/mol. The first-order valence-corrected chi connectivity index (χ1v) is 5.88. The van der Waals surface area contributed by atoms with Gasteiger partial charge in [0.05, 0.1) is 23.2 Å². The SMILES string of the molecule is CC(CN(C)c1ccc(C#N)cc1Br)C(=O)O. The van der Waals surface area contributed by atoms with Gasteiger partial charge in [0, 0.05) is 18.1 Å². The summed E-state index contributed by atoms with van der Waals surface area (Å²) in [5, 5.41) is 17.6. The van der Waals surface area contributed by atoms with Crippen LogP contribution in [0.25, 0.3) is 0 Å². The number of benzene rings is 1. The number of hydrogen-bond acceptors (Lipinski definition) is 3. The third-order valence-corrected chi connectivity index (χ3v) is 3.09. The van der Waals surface area contributed by atoms with Crippen LogP contribution >= 0.6 is 15.9 Å². The summed E-state index contributed by atoms with van der Waals surface area (Å²) >= 11 is 3.38. The van der Waals surface area contributed by atoms with Gasteiger partial charge in [-0.25, -0.2) is 0 Å². The molecule has 1 rings (SSSR count). The number of rotatable bonds is 4. The number of nitriles is 1. The molecule has 0 aliphatic heterocycles. The van der Waals surface area contributed by atoms with Gasteiger partial charge in [-0.15, -0.1) is 0 Å². The first-order valence-electron chi connectivity index (χ1n) is 5.09. The van der Waals surface area contributed by atoms with Crippen LogP contribution in [0.15, 0.2) is 22.7 Å². The van der Waals surface area contributed by atoms with E-state index >= 15 is 0 Å². The Labute approximate surface area is 109 Å². The van der Waals surface area contributed by atoms with Crippen molar-refractivity contribution < 1.29 is 9.90 Å². The van der Waals surface area contributed by atoms with E-state index in [1.165, 1.54) is 0 Å². The van der Waals surface area contributed by atoms with Crippen molar-refractivity contribution in [3.8, 4) is 6.07 Å². The summed E-state index contributed by atoms with van der Waals surface area (Å²) in [4.78, 5) is 12.6. The topological polar surface area (TPSA) is 64.3 Å². The fraction of sp³-hybridized carbons (Fsp3) is 0.333. The number of carbonyl (C=O) groups is 1. The Morgan fingerprint density at radius 1 is 1.65 bits per heavy atom. The molecule has 0 bridgehead atoms. The fourth-order valence-electron chi connectivity index (χ4n) is 1.47. The first-order chi connectivity index (χ1) is 7.95. The van der Waals surface area contributed by atoms with Crippen molar-refractivity contribution in [2.45, 2.75) is 6.92 Å². The lowest BCUT2D eigenvalue weighted by Crippen LogP contribution is -2.28. The van der Waals surface area contributed by atoms with Gasteiger partial charge in [-0.05, 0) is 34.1 Å². The van der Waals surface area contributed by atoms with Gasteiger partial charge in [0.2, 0.25) is 0 Å². The van der Waals surface area contributed by atoms with E-state index in [0.717, 1.165) is 10.2 Å². The van der Waals surface area contributed by atoms with Crippen LogP contribution in [0.5, 0.6) is 0 Å². The summed E-state index contributed by atoms with van der Waals surface area (Å²) < 4.78 is 0.789. The van der Waals surface area contributed by atoms with E-state index in [4.69, 9.17) is 10.4 Å². The predicted octanol–water partition coefficient (Wildman–Crippen LogP) is 2.48. The number of halogens is 1. The normalized spacial score (nSPS) is 11.6. The molecule has 0 amide bonds. The quantitative estimate of drug-likeness (QED) is 0.927. The van der Waals surface area contributed by atoms with Gasteiger partial charge in [-0.2, -0.15) is 5.26 Å². The smallest absolute Gasteiger partial charge is 0.308 e. The lowest BCUT2D eigenvalue weighted by Gasteiger charge is -2.22. The lowest BCUT2D eigenvalue weighted by molar-refractivity contribution is -0.140. The molecule has 1 atom stereocenters. The highest BCUT2D eigenvalue weighted by Gasteiger charge is 2.15. The molecular formula is C12H13BrN2O2. The molecule has 0 heterocycles. The number of hydrogen-bond donors (Lipinski definition) is 1. The van der Waals surface area contributed by atoms with Crippen molar-refractivity contribution in [1.29, 1.82) is 5.26 Å². The first kappa shape index (κ1) is 13.5. The van der Waals surface area contributed by atoms with Gasteiger partial charge in [-0.1, -0.05) is 6.92 Å². The Bertz CT molecular complexity index is 468. The second-order valence-electron chi connectivity index (χ2n) is 3.90. The van der Waals surface area contributed by atoms with Crippen LogP contribution in [0.3, 0.4) is 0 Å². The van der Waals surface area contributed by atoms with Crippen molar-refractivity contribution in [2.75, 3.05) is 18.5 Å². The van der Waals surface area contributed by atoms with Gasteiger partial charge in [0.1, 0.15) is 0 Å². The maximum atomic E-state index is 10.8. The molecule has 4 nitrogen and oxygen atoms in total. The molecule has 0 fully saturated rings. The molecule has 1 unspecified atom stereocenters. The van der Waals surface area contributed by atoms with E-state index in [2.05, 4.69) is 22.0 Å². The van der Waals surface area contributed by atoms with Crippen molar-refractivity contribution in [3.05, 3.63) is 28.2 Å². The molecule has 90 valence electrons. The second kappa shape index (κ2) is 5.69. The maximum Gasteiger partial charge on any atom is 0.308 e. The van der Waals surface area contributed by atoms with Gasteiger partial charge < -0.3 is 10.0 Å². The molecular weight excluding hydrogens is 284 g/mol. The molecule has 0 saturated heterocycles. The third-order valence-electron chi connectivity index (χ3n) is 2.46. The molecule has 0 aliphatic rings. The van der Waals surface area contributed by atoms with E-state index < -0.39 is 11.9 Å². The van der Waals surface area contributed by atoms with Crippen LogP contribution < -0.4 is 4.90 Å². The van der Waals surface area contributed by atoms with Gasteiger partial charge in [-0.3, -0.25) is 4.79 Å². The Kier molecular flexibility index (Phi) is 4.53. The molecule has 0 aliphatic carbocycles. The van der Waals surface area contributed by atoms with Crippen LogP contribution in [0.4, 0.5) is 5.69 Å². The Morgan fingerprint density at radius 3 is 2.76 bits per heavy atom. The van der Waals surface area contributed by atoms with E-state index in [-0.39, 0.29) is 0 Å². The molecule has 0 radical (unpaired) electrons. The molecule has 1 aromatic carbocycles. The van der Waals surface area contributed by atoms with E-state index in [9.17, 15) is 4.79 Å². The molecule has 0 spiro atoms. The summed E-state index contributed by atoms with van der Waals surface area (Å²) in [7, 11) is 1.82. The molecule has 1 aromatic rings. The van der Waals surface area contributed by atoms with Crippen LogP contribution in [-0.2, 0) is 4.79 Å². The van der Waals surface area contributed by atoms with Crippen LogP contribution in [0, 0.1) is 17.2 Å². The van der Waals surface area contributed by atoms with E-state index in [1.807, 2.05) is 11.9 Å². The molecule has 1 N–H and O–H groups in total. The summed E-state index contributed by atoms with van der Waals surface area (Å²) in [5.74, 6) is -1.26. The Balaban J connectivity index is 2.86. The number of carboxylic acids is 1. The highest BCUT2D eigenvalue weighted by atomic mass is 79.9. The summed E-state index contributed by atoms with van der Waals surface area (Å²) in [5.41, 5.74) is 1.44. The van der Waals surface area contributed by atoms with E-state index in [0.29, 0.717) is 12.1 Å². The molecule has 17 heavy (non-hydrogen) atoms. The fourth-order valence-corrected chi connectivity index (χ4v) is 2.15. The van der Waals surface area contributed by atoms with Crippen molar-refractivity contribution >= 4 is 27.6 Å². The average Bonchev–Trinajstić information content (AvgIpc) is 2.28. The Hall–Kier alpha value is -1.54. The monoisotopic (exact) mass is 296 g/mol. The van der Waals surface area contributed by atoms with E-state index in [1.54, 1.807) is 25.1 Å². The van der Waals surface area contributed by atoms with Crippen LogP contribution in [0.2, 0.25) is 0 Å². The lowest BCUT2D eigenvalue weighted by atomic mass is 10.1. The summed E-state index contributed by atoms with van der Waals surface area (Å²) in [6.45, 7) is 2.08. The maximum absolute atomic E-state index is 10.8. The minimum atomic E-state index is -0.818. The minimum absolute atomic E-state index is 0.417. The van der Waals surface area contributed by atoms with Gasteiger partial charge in [0.25, 0.3) is 0 Å². The van der Waals surface area contributed by atoms with Gasteiger partial charge >= 0.3 is 5.97 Å². The number of anilines is 1. The van der Waals surface area contributed by atoms with Gasteiger partial charge in [0.15, 0.2) is 0 Å². The molecule has 0 aromatic heterocycles. The summed E-state index contributed by atoms with van der Waals surface area (Å²) in [6.07, 6.45) is 0. The van der Waals surface area contributed by atoms with Crippen molar-refractivity contribution in [3.63, 3.8) is 0 Å². The molecule has 5 heteroatoms. The van der Waals surface area contributed by atoms with Crippen molar-refractivity contribution in [1.82, 2.24) is 0 Å². The third kappa shape index (κ3) is 3.46. The zero-order valence-electron chi connectivity index (χ0n) is 9.64. The highest BCUT2D eigenvalue weighted by Crippen LogP contribution is 2.26. The minimum Gasteiger partial charge on any atom is -0.481 e. The largest absolute Gasteiger partial charge is 0.481 e. The standard InChI is InChI=1S/C12H13BrN2O2/c1-8(12(16)17)7-15(2)11-4-3-9(6-14)5-10(11)13/h3-5,8H,7H2,1-2H3,(H,16,17). The zero-order chi connectivity index (χ0) is 13.0. The summed E-state index contributed by atoms with van der Waals surface area (Å²) in [6, 6.07) is 7.28. The highest BCUT2D eigenvalue weighted by molar-refractivity contribution is 9.10. The predicted molar refractivity (Wildman–Crippen MR) is 68.9 cm³/mol.